The topological polar surface area (TPSA) is 175 Å². The first-order valence-corrected chi connectivity index (χ1v) is 29.3. The number of hydrogen-bond acceptors (Lipinski definition) is 10. The summed E-state index contributed by atoms with van der Waals surface area (Å²) in [6.45, 7) is 4.26. The smallest absolute Gasteiger partial charge is 0.305 e. The maximum atomic E-state index is 13.0. The molecule has 1 aliphatic rings. The van der Waals surface area contributed by atoms with Crippen LogP contribution < -0.4 is 5.32 Å². The number of allylic oxidation sites excluding steroid dienone is 5. The Bertz CT molecular complexity index is 1260. The first-order valence-electron chi connectivity index (χ1n) is 29.3. The summed E-state index contributed by atoms with van der Waals surface area (Å²) >= 11 is 0. The van der Waals surface area contributed by atoms with Gasteiger partial charge in [0.2, 0.25) is 5.91 Å². The second-order valence-corrected chi connectivity index (χ2v) is 20.3. The summed E-state index contributed by atoms with van der Waals surface area (Å²) in [6.07, 6.45) is 49.6. The molecular weight excluding hydrogens is 883 g/mol. The van der Waals surface area contributed by atoms with Crippen LogP contribution in [-0.2, 0) is 23.8 Å². The Balaban J connectivity index is 2.05. The minimum absolute atomic E-state index is 0.0327. The number of aliphatic hydroxyl groups is 5. The SMILES string of the molecule is CCCCCCCCC/C=C\CCCCCCCCCC(=O)OCCCCCC/C=C\CCCCCCCCCC(=O)NC(COC1OC(CO)C(O)C(O)C1O)C(O)/C=C/CCCCCCCCC. The Morgan fingerprint density at radius 1 is 0.514 bits per heavy atom. The van der Waals surface area contributed by atoms with Crippen LogP contribution in [0.15, 0.2) is 36.5 Å². The number of nitrogens with one attached hydrogen (secondary N) is 1. The Kier molecular flexibility index (Phi) is 46.2. The van der Waals surface area contributed by atoms with E-state index in [1.807, 2.05) is 6.08 Å². The highest BCUT2D eigenvalue weighted by Gasteiger charge is 2.44. The fourth-order valence-corrected chi connectivity index (χ4v) is 9.01. The highest BCUT2D eigenvalue weighted by Crippen LogP contribution is 2.23. The summed E-state index contributed by atoms with van der Waals surface area (Å²) in [5, 5.41) is 54.1. The Morgan fingerprint density at radius 2 is 0.914 bits per heavy atom. The molecule has 0 radical (unpaired) electrons. The van der Waals surface area contributed by atoms with E-state index in [-0.39, 0.29) is 18.5 Å². The molecule has 0 aromatic heterocycles. The number of hydrogen-bond donors (Lipinski definition) is 6. The van der Waals surface area contributed by atoms with E-state index in [4.69, 9.17) is 14.2 Å². The Morgan fingerprint density at radius 3 is 1.37 bits per heavy atom. The van der Waals surface area contributed by atoms with Crippen LogP contribution in [0.2, 0.25) is 0 Å². The van der Waals surface area contributed by atoms with E-state index in [0.717, 1.165) is 83.5 Å². The molecule has 1 saturated heterocycles. The fourth-order valence-electron chi connectivity index (χ4n) is 9.01. The van der Waals surface area contributed by atoms with Gasteiger partial charge in [0.15, 0.2) is 6.29 Å². The van der Waals surface area contributed by atoms with Crippen LogP contribution in [0.3, 0.4) is 0 Å². The van der Waals surface area contributed by atoms with Gasteiger partial charge in [-0.3, -0.25) is 9.59 Å². The molecule has 0 aliphatic carbocycles. The number of carbonyl (C=O) groups excluding carboxylic acids is 2. The van der Waals surface area contributed by atoms with Crippen molar-refractivity contribution in [3.63, 3.8) is 0 Å². The third-order valence-electron chi connectivity index (χ3n) is 13.7. The molecule has 1 fully saturated rings. The van der Waals surface area contributed by atoms with Crippen molar-refractivity contribution in [3.05, 3.63) is 36.5 Å². The van der Waals surface area contributed by atoms with Crippen molar-refractivity contribution in [1.82, 2.24) is 5.32 Å². The second kappa shape index (κ2) is 49.1. The molecule has 70 heavy (non-hydrogen) atoms. The lowest BCUT2D eigenvalue weighted by Gasteiger charge is -2.40. The van der Waals surface area contributed by atoms with E-state index in [1.54, 1.807) is 6.08 Å². The number of ether oxygens (including phenoxy) is 3. The molecule has 7 unspecified atom stereocenters. The number of amides is 1. The van der Waals surface area contributed by atoms with Gasteiger partial charge in [-0.1, -0.05) is 204 Å². The summed E-state index contributed by atoms with van der Waals surface area (Å²) in [7, 11) is 0. The lowest BCUT2D eigenvalue weighted by Crippen LogP contribution is -2.60. The fraction of sp³-hybridized carbons (Fsp3) is 0.864. The molecule has 11 nitrogen and oxygen atoms in total. The molecule has 6 N–H and O–H groups in total. The molecule has 0 saturated carbocycles. The van der Waals surface area contributed by atoms with E-state index in [2.05, 4.69) is 43.5 Å². The lowest BCUT2D eigenvalue weighted by molar-refractivity contribution is -0.302. The zero-order chi connectivity index (χ0) is 51.0. The van der Waals surface area contributed by atoms with Gasteiger partial charge in [0.25, 0.3) is 0 Å². The quantitative estimate of drug-likeness (QED) is 0.0195. The molecule has 1 rings (SSSR count). The van der Waals surface area contributed by atoms with E-state index >= 15 is 0 Å². The van der Waals surface area contributed by atoms with Crippen LogP contribution in [-0.4, -0.2) is 100 Å². The van der Waals surface area contributed by atoms with Crippen LogP contribution in [0.25, 0.3) is 0 Å². The van der Waals surface area contributed by atoms with Gasteiger partial charge in [-0.2, -0.15) is 0 Å². The van der Waals surface area contributed by atoms with Gasteiger partial charge in [0.05, 0.1) is 32.0 Å². The zero-order valence-corrected chi connectivity index (χ0v) is 45.0. The van der Waals surface area contributed by atoms with Gasteiger partial charge in [0, 0.05) is 12.8 Å². The van der Waals surface area contributed by atoms with E-state index in [1.165, 1.54) is 154 Å². The number of carbonyl (C=O) groups is 2. The summed E-state index contributed by atoms with van der Waals surface area (Å²) < 4.78 is 16.7. The van der Waals surface area contributed by atoms with Crippen LogP contribution in [0.4, 0.5) is 0 Å². The van der Waals surface area contributed by atoms with E-state index in [0.29, 0.717) is 19.4 Å². The van der Waals surface area contributed by atoms with Crippen LogP contribution >= 0.6 is 0 Å². The van der Waals surface area contributed by atoms with Crippen LogP contribution in [0.1, 0.15) is 264 Å². The highest BCUT2D eigenvalue weighted by atomic mass is 16.7. The number of unbranched alkanes of at least 4 members (excludes halogenated alkanes) is 32. The maximum Gasteiger partial charge on any atom is 0.305 e. The molecule has 1 aliphatic heterocycles. The predicted molar refractivity (Wildman–Crippen MR) is 287 cm³/mol. The van der Waals surface area contributed by atoms with E-state index in [9.17, 15) is 35.1 Å². The summed E-state index contributed by atoms with van der Waals surface area (Å²) in [5.74, 6) is -0.232. The molecule has 0 bridgehead atoms. The average Bonchev–Trinajstić information content (AvgIpc) is 3.36. The molecule has 0 aromatic carbocycles. The molecule has 11 heteroatoms. The van der Waals surface area contributed by atoms with Crippen molar-refractivity contribution in [1.29, 1.82) is 0 Å². The minimum atomic E-state index is -1.58. The van der Waals surface area contributed by atoms with Crippen molar-refractivity contribution < 1.29 is 49.3 Å². The van der Waals surface area contributed by atoms with Gasteiger partial charge in [-0.05, 0) is 83.5 Å². The van der Waals surface area contributed by atoms with Crippen molar-refractivity contribution in [3.8, 4) is 0 Å². The van der Waals surface area contributed by atoms with Gasteiger partial charge in [-0.25, -0.2) is 0 Å². The molecule has 1 amide bonds. The molecule has 7 atom stereocenters. The van der Waals surface area contributed by atoms with Gasteiger partial charge in [-0.15, -0.1) is 0 Å². The third-order valence-corrected chi connectivity index (χ3v) is 13.7. The monoisotopic (exact) mass is 992 g/mol. The number of esters is 1. The average molecular weight is 993 g/mol. The third kappa shape index (κ3) is 38.5. The summed E-state index contributed by atoms with van der Waals surface area (Å²) in [6, 6.07) is -0.820. The maximum absolute atomic E-state index is 13.0. The van der Waals surface area contributed by atoms with Crippen LogP contribution in [0, 0.1) is 0 Å². The standard InChI is InChI=1S/C59H109NO10/c1-3-5-7-9-11-13-14-15-16-17-18-21-24-27-31-35-39-43-47-55(64)68-48-44-40-36-32-28-25-22-19-20-23-26-30-34-38-42-46-54(63)60-51(52(62)45-41-37-33-29-12-10-8-6-4-2)50-69-59-58(67)57(66)56(65)53(49-61)70-59/h16-17,22,25,41,45,51-53,56-59,61-62,65-67H,3-15,18-21,23-24,26-40,42-44,46-50H2,1-2H3,(H,60,63)/b17-16-,25-22-,45-41+. The molecule has 410 valence electrons. The van der Waals surface area contributed by atoms with Crippen molar-refractivity contribution in [2.75, 3.05) is 19.8 Å². The minimum Gasteiger partial charge on any atom is -0.466 e. The van der Waals surface area contributed by atoms with Crippen molar-refractivity contribution in [2.24, 2.45) is 0 Å². The number of aliphatic hydroxyl groups excluding tert-OH is 5. The molecular formula is C59H109NO10. The van der Waals surface area contributed by atoms with Gasteiger partial charge >= 0.3 is 5.97 Å². The van der Waals surface area contributed by atoms with Gasteiger partial charge in [0.1, 0.15) is 24.4 Å². The molecule has 0 spiro atoms. The van der Waals surface area contributed by atoms with E-state index < -0.39 is 49.5 Å². The van der Waals surface area contributed by atoms with Crippen LogP contribution in [0.5, 0.6) is 0 Å². The van der Waals surface area contributed by atoms with Crippen molar-refractivity contribution >= 4 is 11.9 Å². The first kappa shape index (κ1) is 65.9. The Hall–Kier alpha value is -2.12. The largest absolute Gasteiger partial charge is 0.466 e. The van der Waals surface area contributed by atoms with Gasteiger partial charge < -0.3 is 45.1 Å². The number of rotatable bonds is 50. The van der Waals surface area contributed by atoms with Crippen molar-refractivity contribution in [2.45, 2.75) is 307 Å². The first-order chi connectivity index (χ1) is 34.2. The normalized spacial score (nSPS) is 19.4. The Labute approximate surface area is 428 Å². The lowest BCUT2D eigenvalue weighted by atomic mass is 9.99. The summed E-state index contributed by atoms with van der Waals surface area (Å²) in [5.41, 5.74) is 0. The highest BCUT2D eigenvalue weighted by molar-refractivity contribution is 5.76. The molecule has 1 heterocycles. The zero-order valence-electron chi connectivity index (χ0n) is 45.0. The summed E-state index contributed by atoms with van der Waals surface area (Å²) in [4.78, 5) is 25.1. The molecule has 0 aromatic rings. The predicted octanol–water partition coefficient (Wildman–Crippen LogP) is 13.1. The second-order valence-electron chi connectivity index (χ2n) is 20.3.